The fourth-order valence-corrected chi connectivity index (χ4v) is 3.58. The van der Waals surface area contributed by atoms with Crippen LogP contribution in [-0.2, 0) is 4.79 Å². The molecule has 1 fully saturated rings. The number of carboxylic acids is 1. The van der Waals surface area contributed by atoms with Gasteiger partial charge in [-0.15, -0.1) is 0 Å². The van der Waals surface area contributed by atoms with E-state index in [1.54, 1.807) is 13.0 Å². The number of aliphatic hydroxyl groups is 3. The summed E-state index contributed by atoms with van der Waals surface area (Å²) in [6.45, 7) is 3.91. The minimum atomic E-state index is -0.889. The zero-order valence-electron chi connectivity index (χ0n) is 16.2. The lowest BCUT2D eigenvalue weighted by atomic mass is 9.88. The van der Waals surface area contributed by atoms with Crippen LogP contribution in [0.25, 0.3) is 0 Å². The highest BCUT2D eigenvalue weighted by molar-refractivity contribution is 5.66. The average Bonchev–Trinajstić information content (AvgIpc) is 2.82. The Morgan fingerprint density at radius 1 is 1.15 bits per heavy atom. The van der Waals surface area contributed by atoms with Crippen LogP contribution in [0.2, 0.25) is 0 Å². The van der Waals surface area contributed by atoms with Gasteiger partial charge in [0.05, 0.1) is 17.8 Å². The summed E-state index contributed by atoms with van der Waals surface area (Å²) in [5, 5.41) is 39.6. The molecule has 0 radical (unpaired) electrons. The van der Waals surface area contributed by atoms with Gasteiger partial charge >= 0.3 is 5.97 Å². The molecule has 0 saturated heterocycles. The van der Waals surface area contributed by atoms with E-state index >= 15 is 0 Å². The third-order valence-corrected chi connectivity index (χ3v) is 5.22. The first-order valence-corrected chi connectivity index (χ1v) is 9.91. The van der Waals surface area contributed by atoms with Gasteiger partial charge in [-0.1, -0.05) is 50.5 Å². The van der Waals surface area contributed by atoms with E-state index in [-0.39, 0.29) is 18.3 Å². The first-order chi connectivity index (χ1) is 12.3. The lowest BCUT2D eigenvalue weighted by molar-refractivity contribution is -0.137. The van der Waals surface area contributed by atoms with Crippen molar-refractivity contribution in [3.63, 3.8) is 0 Å². The van der Waals surface area contributed by atoms with Gasteiger partial charge in [-0.3, -0.25) is 4.79 Å². The van der Waals surface area contributed by atoms with E-state index in [1.165, 1.54) is 0 Å². The molecule has 1 unspecified atom stereocenters. The summed E-state index contributed by atoms with van der Waals surface area (Å²) in [5.41, 5.74) is -0.889. The summed E-state index contributed by atoms with van der Waals surface area (Å²) in [7, 11) is 0. The lowest BCUT2D eigenvalue weighted by Crippen LogP contribution is -2.24. The van der Waals surface area contributed by atoms with Crippen LogP contribution >= 0.6 is 0 Å². The van der Waals surface area contributed by atoms with Crippen LogP contribution in [0.1, 0.15) is 71.6 Å². The van der Waals surface area contributed by atoms with Crippen molar-refractivity contribution < 1.29 is 25.2 Å². The van der Waals surface area contributed by atoms with Gasteiger partial charge < -0.3 is 20.4 Å². The van der Waals surface area contributed by atoms with Crippen molar-refractivity contribution in [3.8, 4) is 0 Å². The largest absolute Gasteiger partial charge is 0.481 e. The molecule has 4 N–H and O–H groups in total. The summed E-state index contributed by atoms with van der Waals surface area (Å²) >= 11 is 0. The van der Waals surface area contributed by atoms with E-state index in [9.17, 15) is 20.1 Å². The maximum absolute atomic E-state index is 10.5. The van der Waals surface area contributed by atoms with E-state index < -0.39 is 23.8 Å². The van der Waals surface area contributed by atoms with Gasteiger partial charge in [-0.2, -0.15) is 0 Å². The van der Waals surface area contributed by atoms with Crippen LogP contribution in [0.5, 0.6) is 0 Å². The van der Waals surface area contributed by atoms with Crippen molar-refractivity contribution in [1.82, 2.24) is 0 Å². The SMILES string of the molecule is CCCCCC(C)(O)/C=C/[C@@H]1[C@@H](C/C=C\CCCC(=O)O)[C@@H](O)C[C@H]1O. The van der Waals surface area contributed by atoms with Crippen LogP contribution in [-0.4, -0.2) is 44.2 Å². The second-order valence-electron chi connectivity index (χ2n) is 7.78. The predicted octanol–water partition coefficient (Wildman–Crippen LogP) is 3.43. The van der Waals surface area contributed by atoms with E-state index in [1.807, 2.05) is 18.2 Å². The van der Waals surface area contributed by atoms with Crippen LogP contribution in [0, 0.1) is 11.8 Å². The van der Waals surface area contributed by atoms with Crippen LogP contribution < -0.4 is 0 Å². The third kappa shape index (κ3) is 8.47. The highest BCUT2D eigenvalue weighted by Gasteiger charge is 2.39. The van der Waals surface area contributed by atoms with Gasteiger partial charge in [0.2, 0.25) is 0 Å². The van der Waals surface area contributed by atoms with Crippen molar-refractivity contribution in [1.29, 1.82) is 0 Å². The van der Waals surface area contributed by atoms with Crippen molar-refractivity contribution in [2.24, 2.45) is 11.8 Å². The third-order valence-electron chi connectivity index (χ3n) is 5.22. The van der Waals surface area contributed by atoms with Gasteiger partial charge in [-0.25, -0.2) is 0 Å². The van der Waals surface area contributed by atoms with Gasteiger partial charge in [0.15, 0.2) is 0 Å². The quantitative estimate of drug-likeness (QED) is 0.312. The monoisotopic (exact) mass is 368 g/mol. The van der Waals surface area contributed by atoms with Gasteiger partial charge in [0.1, 0.15) is 0 Å². The van der Waals surface area contributed by atoms with E-state index in [0.717, 1.165) is 19.3 Å². The molecular formula is C21H36O5. The predicted molar refractivity (Wildman–Crippen MR) is 103 cm³/mol. The molecule has 0 spiro atoms. The molecule has 150 valence electrons. The van der Waals surface area contributed by atoms with E-state index in [2.05, 4.69) is 6.92 Å². The molecule has 5 atom stereocenters. The molecule has 0 bridgehead atoms. The Labute approximate surface area is 157 Å². The Kier molecular flexibility index (Phi) is 10.1. The number of aliphatic hydroxyl groups excluding tert-OH is 2. The fourth-order valence-electron chi connectivity index (χ4n) is 3.58. The van der Waals surface area contributed by atoms with Crippen LogP contribution in [0.15, 0.2) is 24.3 Å². The number of carbonyl (C=O) groups is 1. The van der Waals surface area contributed by atoms with Crippen molar-refractivity contribution >= 4 is 5.97 Å². The number of allylic oxidation sites excluding steroid dienone is 2. The molecule has 1 rings (SSSR count). The Balaban J connectivity index is 2.56. The number of unbranched alkanes of at least 4 members (excludes halogenated alkanes) is 3. The molecule has 0 heterocycles. The Hall–Kier alpha value is -1.17. The fraction of sp³-hybridized carbons (Fsp3) is 0.762. The van der Waals surface area contributed by atoms with E-state index in [4.69, 9.17) is 5.11 Å². The Morgan fingerprint density at radius 3 is 2.54 bits per heavy atom. The van der Waals surface area contributed by atoms with Gasteiger partial charge in [0, 0.05) is 18.8 Å². The molecule has 1 saturated carbocycles. The summed E-state index contributed by atoms with van der Waals surface area (Å²) < 4.78 is 0. The summed E-state index contributed by atoms with van der Waals surface area (Å²) in [5.74, 6) is -1.04. The normalized spacial score (nSPS) is 28.8. The smallest absolute Gasteiger partial charge is 0.303 e. The molecule has 0 aliphatic heterocycles. The Morgan fingerprint density at radius 2 is 1.88 bits per heavy atom. The molecule has 1 aliphatic rings. The number of aliphatic carboxylic acids is 1. The van der Waals surface area contributed by atoms with E-state index in [0.29, 0.717) is 32.1 Å². The zero-order chi connectivity index (χ0) is 19.6. The number of hydrogen-bond donors (Lipinski definition) is 4. The summed E-state index contributed by atoms with van der Waals surface area (Å²) in [6.07, 6.45) is 12.7. The molecule has 0 aromatic heterocycles. The highest BCUT2D eigenvalue weighted by atomic mass is 16.4. The number of carboxylic acid groups (broad SMARTS) is 1. The summed E-state index contributed by atoms with van der Waals surface area (Å²) in [6, 6.07) is 0. The topological polar surface area (TPSA) is 98.0 Å². The molecule has 0 amide bonds. The number of rotatable bonds is 12. The Bertz CT molecular complexity index is 469. The maximum atomic E-state index is 10.5. The molecule has 1 aliphatic carbocycles. The molecule has 0 aromatic rings. The summed E-state index contributed by atoms with van der Waals surface area (Å²) in [4.78, 5) is 10.5. The second-order valence-corrected chi connectivity index (χ2v) is 7.78. The minimum absolute atomic E-state index is 0.0802. The molecule has 5 heteroatoms. The lowest BCUT2D eigenvalue weighted by Gasteiger charge is -2.23. The van der Waals surface area contributed by atoms with Crippen molar-refractivity contribution in [2.75, 3.05) is 0 Å². The van der Waals surface area contributed by atoms with Crippen molar-refractivity contribution in [3.05, 3.63) is 24.3 Å². The van der Waals surface area contributed by atoms with Crippen LogP contribution in [0.4, 0.5) is 0 Å². The first-order valence-electron chi connectivity index (χ1n) is 9.91. The first kappa shape index (κ1) is 22.9. The molecular weight excluding hydrogens is 332 g/mol. The second kappa shape index (κ2) is 11.5. The van der Waals surface area contributed by atoms with Crippen LogP contribution in [0.3, 0.4) is 0 Å². The van der Waals surface area contributed by atoms with Gasteiger partial charge in [-0.05, 0) is 38.5 Å². The average molecular weight is 369 g/mol. The van der Waals surface area contributed by atoms with Gasteiger partial charge in [0.25, 0.3) is 0 Å². The maximum Gasteiger partial charge on any atom is 0.303 e. The molecule has 5 nitrogen and oxygen atoms in total. The standard InChI is InChI=1S/C21H36O5/c1-3-4-9-13-21(2,26)14-12-17-16(18(22)15-19(17)23)10-7-5-6-8-11-20(24)25/h5,7,12,14,16-19,22-23,26H,3-4,6,8-11,13,15H2,1-2H3,(H,24,25)/b7-5-,14-12+/t16-,17-,18+,19-,21?/m1/s1. The number of hydrogen-bond acceptors (Lipinski definition) is 4. The minimum Gasteiger partial charge on any atom is -0.481 e. The van der Waals surface area contributed by atoms with Crippen molar-refractivity contribution in [2.45, 2.75) is 89.4 Å². The molecule has 0 aromatic carbocycles. The highest BCUT2D eigenvalue weighted by Crippen LogP contribution is 2.37. The zero-order valence-corrected chi connectivity index (χ0v) is 16.2. The molecule has 26 heavy (non-hydrogen) atoms.